The molecule has 3 rings (SSSR count). The van der Waals surface area contributed by atoms with E-state index in [4.69, 9.17) is 20.8 Å². The average Bonchev–Trinajstić information content (AvgIpc) is 3.18. The normalized spacial score (nSPS) is 17.3. The first-order chi connectivity index (χ1) is 11.1. The van der Waals surface area contributed by atoms with Crippen molar-refractivity contribution in [1.29, 1.82) is 0 Å². The maximum Gasteiger partial charge on any atom is 0.321 e. The van der Waals surface area contributed by atoms with Crippen LogP contribution in [0.15, 0.2) is 41.0 Å². The van der Waals surface area contributed by atoms with Crippen LogP contribution in [0.3, 0.4) is 0 Å². The molecule has 0 unspecified atom stereocenters. The highest BCUT2D eigenvalue weighted by molar-refractivity contribution is 6.32. The van der Waals surface area contributed by atoms with Crippen molar-refractivity contribution in [3.8, 4) is 5.75 Å². The van der Waals surface area contributed by atoms with Crippen LogP contribution >= 0.6 is 11.6 Å². The summed E-state index contributed by atoms with van der Waals surface area (Å²) < 4.78 is 10.8. The van der Waals surface area contributed by atoms with Gasteiger partial charge in [0.1, 0.15) is 18.1 Å². The Morgan fingerprint density at radius 2 is 2.35 bits per heavy atom. The molecule has 1 aromatic carbocycles. The molecule has 0 bridgehead atoms. The summed E-state index contributed by atoms with van der Waals surface area (Å²) in [4.78, 5) is 13.6. The number of hydrogen-bond acceptors (Lipinski definition) is 4. The Morgan fingerprint density at radius 1 is 1.48 bits per heavy atom. The van der Waals surface area contributed by atoms with E-state index >= 15 is 0 Å². The van der Waals surface area contributed by atoms with Gasteiger partial charge in [0.05, 0.1) is 17.4 Å². The molecule has 2 aromatic rings. The zero-order chi connectivity index (χ0) is 16.2. The Morgan fingerprint density at radius 3 is 3.00 bits per heavy atom. The topological polar surface area (TPSA) is 74.9 Å². The van der Waals surface area contributed by atoms with E-state index in [2.05, 4.69) is 5.32 Å². The molecule has 1 saturated heterocycles. The number of carbonyl (C=O) groups is 1. The Hall–Kier alpha value is -2.18. The molecule has 1 aliphatic heterocycles. The molecule has 2 N–H and O–H groups in total. The van der Waals surface area contributed by atoms with Gasteiger partial charge >= 0.3 is 6.03 Å². The number of amides is 2. The molecule has 23 heavy (non-hydrogen) atoms. The molecule has 0 saturated carbocycles. The molecule has 2 heterocycles. The van der Waals surface area contributed by atoms with Crippen LogP contribution in [0.4, 0.5) is 10.5 Å². The van der Waals surface area contributed by atoms with Gasteiger partial charge in [-0.25, -0.2) is 4.79 Å². The maximum atomic E-state index is 12.1. The summed E-state index contributed by atoms with van der Waals surface area (Å²) in [6.45, 7) is 1.18. The minimum absolute atomic E-state index is 0.248. The van der Waals surface area contributed by atoms with Gasteiger partial charge in [0.15, 0.2) is 0 Å². The van der Waals surface area contributed by atoms with Gasteiger partial charge in [0, 0.05) is 18.8 Å². The van der Waals surface area contributed by atoms with Crippen molar-refractivity contribution in [2.45, 2.75) is 19.1 Å². The van der Waals surface area contributed by atoms with Crippen LogP contribution in [0.25, 0.3) is 0 Å². The molecule has 6 nitrogen and oxygen atoms in total. The van der Waals surface area contributed by atoms with Gasteiger partial charge in [0.2, 0.25) is 0 Å². The largest absolute Gasteiger partial charge is 0.484 e. The number of rotatable bonds is 4. The van der Waals surface area contributed by atoms with Gasteiger partial charge < -0.3 is 24.5 Å². The third kappa shape index (κ3) is 3.97. The zero-order valence-electron chi connectivity index (χ0n) is 12.4. The van der Waals surface area contributed by atoms with E-state index in [9.17, 15) is 9.90 Å². The Balaban J connectivity index is 1.59. The first-order valence-corrected chi connectivity index (χ1v) is 7.68. The number of furan rings is 1. The molecule has 0 aliphatic carbocycles. The van der Waals surface area contributed by atoms with Crippen molar-refractivity contribution >= 4 is 23.3 Å². The van der Waals surface area contributed by atoms with Crippen LogP contribution < -0.4 is 10.1 Å². The third-order valence-electron chi connectivity index (χ3n) is 3.58. The van der Waals surface area contributed by atoms with E-state index in [-0.39, 0.29) is 12.6 Å². The van der Waals surface area contributed by atoms with Crippen LogP contribution in [0.2, 0.25) is 5.02 Å². The van der Waals surface area contributed by atoms with Crippen LogP contribution in [0.1, 0.15) is 12.2 Å². The molecule has 1 fully saturated rings. The fourth-order valence-corrected chi connectivity index (χ4v) is 2.60. The number of nitrogens with zero attached hydrogens (tertiary/aromatic N) is 1. The van der Waals surface area contributed by atoms with Gasteiger partial charge in [-0.3, -0.25) is 0 Å². The van der Waals surface area contributed by atoms with E-state index in [1.165, 1.54) is 0 Å². The van der Waals surface area contributed by atoms with Gasteiger partial charge in [0.25, 0.3) is 0 Å². The fourth-order valence-electron chi connectivity index (χ4n) is 2.37. The second-order valence-corrected chi connectivity index (χ2v) is 5.74. The third-order valence-corrected chi connectivity index (χ3v) is 3.88. The number of aliphatic hydroxyl groups is 1. The number of anilines is 1. The standard InChI is InChI=1S/C16H17ClN2O4/c17-14-8-11(18-16(21)19-6-5-12(20)9-19)3-4-15(14)23-10-13-2-1-7-22-13/h1-4,7-8,12,20H,5-6,9-10H2,(H,18,21)/t12-/m1/s1. The average molecular weight is 337 g/mol. The van der Waals surface area contributed by atoms with Crippen LogP contribution in [-0.4, -0.2) is 35.2 Å². The molecule has 7 heteroatoms. The molecule has 0 spiro atoms. The fraction of sp³-hybridized carbons (Fsp3) is 0.312. The maximum absolute atomic E-state index is 12.1. The summed E-state index contributed by atoms with van der Waals surface area (Å²) in [6.07, 6.45) is 1.74. The van der Waals surface area contributed by atoms with E-state index in [0.717, 1.165) is 0 Å². The molecule has 122 valence electrons. The molecule has 2 amide bonds. The Kier molecular flexibility index (Phi) is 4.73. The lowest BCUT2D eigenvalue weighted by Crippen LogP contribution is -2.33. The number of halogens is 1. The van der Waals surface area contributed by atoms with Crippen molar-refractivity contribution in [2.24, 2.45) is 0 Å². The SMILES string of the molecule is O=C(Nc1ccc(OCc2ccco2)c(Cl)c1)N1CC[C@@H](O)C1. The summed E-state index contributed by atoms with van der Waals surface area (Å²) in [5, 5.41) is 12.6. The second kappa shape index (κ2) is 6.93. The van der Waals surface area contributed by atoms with Crippen molar-refractivity contribution in [2.75, 3.05) is 18.4 Å². The minimum Gasteiger partial charge on any atom is -0.484 e. The number of likely N-dealkylation sites (tertiary alicyclic amines) is 1. The smallest absolute Gasteiger partial charge is 0.321 e. The first kappa shape index (κ1) is 15.7. The molecular weight excluding hydrogens is 320 g/mol. The lowest BCUT2D eigenvalue weighted by molar-refractivity contribution is 0.176. The van der Waals surface area contributed by atoms with Crippen LogP contribution in [0, 0.1) is 0 Å². The highest BCUT2D eigenvalue weighted by atomic mass is 35.5. The summed E-state index contributed by atoms with van der Waals surface area (Å²) >= 11 is 6.18. The predicted octanol–water partition coefficient (Wildman–Crippen LogP) is 3.11. The van der Waals surface area contributed by atoms with Crippen molar-refractivity contribution < 1.29 is 19.1 Å². The molecule has 1 atom stereocenters. The highest BCUT2D eigenvalue weighted by Gasteiger charge is 2.24. The van der Waals surface area contributed by atoms with Gasteiger partial charge in [-0.2, -0.15) is 0 Å². The number of nitrogens with one attached hydrogen (secondary N) is 1. The zero-order valence-corrected chi connectivity index (χ0v) is 13.1. The number of aliphatic hydroxyl groups excluding tert-OH is 1. The van der Waals surface area contributed by atoms with Gasteiger partial charge in [-0.15, -0.1) is 0 Å². The summed E-state index contributed by atoms with van der Waals surface area (Å²) in [5.41, 5.74) is 0.576. The lowest BCUT2D eigenvalue weighted by atomic mass is 10.3. The molecule has 1 aliphatic rings. The van der Waals surface area contributed by atoms with E-state index in [0.29, 0.717) is 41.7 Å². The Labute approximate surface area is 138 Å². The second-order valence-electron chi connectivity index (χ2n) is 5.33. The van der Waals surface area contributed by atoms with E-state index in [1.807, 2.05) is 6.07 Å². The van der Waals surface area contributed by atoms with Crippen molar-refractivity contribution in [1.82, 2.24) is 4.90 Å². The molecular formula is C16H17ClN2O4. The number of urea groups is 1. The quantitative estimate of drug-likeness (QED) is 0.899. The van der Waals surface area contributed by atoms with Gasteiger partial charge in [-0.1, -0.05) is 11.6 Å². The van der Waals surface area contributed by atoms with E-state index < -0.39 is 6.10 Å². The number of carbonyl (C=O) groups excluding carboxylic acids is 1. The highest BCUT2D eigenvalue weighted by Crippen LogP contribution is 2.28. The number of β-amino-alcohol motifs (C(OH)–C–C–N with tert-alkyl or cyclic N) is 1. The molecule has 1 aromatic heterocycles. The number of benzene rings is 1. The number of ether oxygens (including phenoxy) is 1. The van der Waals surface area contributed by atoms with Crippen LogP contribution in [-0.2, 0) is 6.61 Å². The minimum atomic E-state index is -0.443. The first-order valence-electron chi connectivity index (χ1n) is 7.30. The Bertz CT molecular complexity index is 675. The van der Waals surface area contributed by atoms with Crippen molar-refractivity contribution in [3.05, 3.63) is 47.4 Å². The van der Waals surface area contributed by atoms with Crippen LogP contribution in [0.5, 0.6) is 5.75 Å². The lowest BCUT2D eigenvalue weighted by Gasteiger charge is -2.17. The number of hydrogen-bond donors (Lipinski definition) is 2. The van der Waals surface area contributed by atoms with Crippen molar-refractivity contribution in [3.63, 3.8) is 0 Å². The predicted molar refractivity (Wildman–Crippen MR) is 85.7 cm³/mol. The van der Waals surface area contributed by atoms with Gasteiger partial charge in [-0.05, 0) is 36.8 Å². The summed E-state index contributed by atoms with van der Waals surface area (Å²) in [5.74, 6) is 1.21. The van der Waals surface area contributed by atoms with E-state index in [1.54, 1.807) is 35.4 Å². The molecule has 0 radical (unpaired) electrons. The monoisotopic (exact) mass is 336 g/mol. The summed E-state index contributed by atoms with van der Waals surface area (Å²) in [7, 11) is 0. The summed E-state index contributed by atoms with van der Waals surface area (Å²) in [6, 6.07) is 8.39.